The number of amides is 1. The van der Waals surface area contributed by atoms with Crippen LogP contribution in [0.1, 0.15) is 37.4 Å². The highest BCUT2D eigenvalue weighted by Gasteiger charge is 2.34. The van der Waals surface area contributed by atoms with Gasteiger partial charge in [0.2, 0.25) is 5.91 Å². The van der Waals surface area contributed by atoms with Crippen LogP contribution in [0.4, 0.5) is 0 Å². The van der Waals surface area contributed by atoms with Crippen LogP contribution >= 0.6 is 0 Å². The fourth-order valence-electron chi connectivity index (χ4n) is 3.44. The fourth-order valence-corrected chi connectivity index (χ4v) is 3.44. The predicted octanol–water partition coefficient (Wildman–Crippen LogP) is 4.14. The summed E-state index contributed by atoms with van der Waals surface area (Å²) in [6, 6.07) is 11.0. The maximum atomic E-state index is 12.6. The summed E-state index contributed by atoms with van der Waals surface area (Å²) < 4.78 is 21.9. The van der Waals surface area contributed by atoms with Gasteiger partial charge in [-0.2, -0.15) is 0 Å². The van der Waals surface area contributed by atoms with Crippen LogP contribution in [0.15, 0.2) is 42.5 Å². The lowest BCUT2D eigenvalue weighted by Crippen LogP contribution is -2.40. The van der Waals surface area contributed by atoms with Crippen LogP contribution in [-0.4, -0.2) is 32.8 Å². The van der Waals surface area contributed by atoms with E-state index in [4.69, 9.17) is 18.9 Å². The van der Waals surface area contributed by atoms with Gasteiger partial charge in [-0.1, -0.05) is 6.07 Å². The third-order valence-electron chi connectivity index (χ3n) is 4.83. The quantitative estimate of drug-likeness (QED) is 0.742. The molecule has 0 bridgehead atoms. The number of benzene rings is 2. The molecule has 1 aliphatic rings. The summed E-state index contributed by atoms with van der Waals surface area (Å²) in [6.07, 6.45) is 3.94. The highest BCUT2D eigenvalue weighted by molar-refractivity contribution is 5.92. The molecule has 154 valence electrons. The van der Waals surface area contributed by atoms with E-state index in [0.29, 0.717) is 17.9 Å². The van der Waals surface area contributed by atoms with Gasteiger partial charge in [-0.25, -0.2) is 0 Å². The molecule has 0 aromatic heterocycles. The number of hydrogen-bond acceptors (Lipinski definition) is 5. The van der Waals surface area contributed by atoms with Gasteiger partial charge < -0.3 is 24.3 Å². The Balaban J connectivity index is 1.76. The van der Waals surface area contributed by atoms with Crippen molar-refractivity contribution >= 4 is 12.0 Å². The van der Waals surface area contributed by atoms with Crippen molar-refractivity contribution in [3.63, 3.8) is 0 Å². The van der Waals surface area contributed by atoms with Crippen molar-refractivity contribution in [3.05, 3.63) is 53.6 Å². The summed E-state index contributed by atoms with van der Waals surface area (Å²) in [7, 11) is 4.79. The van der Waals surface area contributed by atoms with Crippen molar-refractivity contribution in [2.45, 2.75) is 31.9 Å². The van der Waals surface area contributed by atoms with Gasteiger partial charge in [-0.05, 0) is 49.8 Å². The minimum atomic E-state index is -0.398. The predicted molar refractivity (Wildman–Crippen MR) is 112 cm³/mol. The van der Waals surface area contributed by atoms with E-state index in [9.17, 15) is 4.79 Å². The van der Waals surface area contributed by atoms with Crippen LogP contribution in [0.2, 0.25) is 0 Å². The van der Waals surface area contributed by atoms with Crippen molar-refractivity contribution in [1.82, 2.24) is 5.32 Å². The van der Waals surface area contributed by atoms with Gasteiger partial charge in [-0.3, -0.25) is 4.79 Å². The molecule has 0 unspecified atom stereocenters. The summed E-state index contributed by atoms with van der Waals surface area (Å²) >= 11 is 0. The summed E-state index contributed by atoms with van der Waals surface area (Å²) in [5.41, 5.74) is 1.39. The Morgan fingerprint density at radius 2 is 1.83 bits per heavy atom. The third-order valence-corrected chi connectivity index (χ3v) is 4.83. The van der Waals surface area contributed by atoms with E-state index in [-0.39, 0.29) is 11.9 Å². The van der Waals surface area contributed by atoms with Crippen molar-refractivity contribution in [1.29, 1.82) is 0 Å². The Labute approximate surface area is 171 Å². The molecule has 0 fully saturated rings. The molecule has 1 aliphatic heterocycles. The Hall–Kier alpha value is -3.15. The first-order valence-corrected chi connectivity index (χ1v) is 9.43. The topological polar surface area (TPSA) is 66.0 Å². The van der Waals surface area contributed by atoms with Gasteiger partial charge in [0.05, 0.1) is 27.4 Å². The molecule has 3 rings (SSSR count). The summed E-state index contributed by atoms with van der Waals surface area (Å²) in [5.74, 6) is 2.54. The number of carbonyl (C=O) groups excluding carboxylic acids is 1. The monoisotopic (exact) mass is 397 g/mol. The Morgan fingerprint density at radius 1 is 1.07 bits per heavy atom. The molecule has 1 amide bonds. The van der Waals surface area contributed by atoms with Crippen LogP contribution in [-0.2, 0) is 4.79 Å². The molecule has 0 aliphatic carbocycles. The Bertz CT molecular complexity index is 919. The molecule has 29 heavy (non-hydrogen) atoms. The zero-order valence-corrected chi connectivity index (χ0v) is 17.4. The minimum absolute atomic E-state index is 0.151. The third kappa shape index (κ3) is 4.83. The zero-order valence-electron chi connectivity index (χ0n) is 17.4. The van der Waals surface area contributed by atoms with Crippen LogP contribution in [0.3, 0.4) is 0 Å². The number of nitrogens with one attached hydrogen (secondary N) is 1. The molecule has 1 N–H and O–H groups in total. The molecule has 0 saturated heterocycles. The van der Waals surface area contributed by atoms with Crippen molar-refractivity contribution in [2.24, 2.45) is 0 Å². The van der Waals surface area contributed by atoms with E-state index in [0.717, 1.165) is 22.6 Å². The van der Waals surface area contributed by atoms with Crippen LogP contribution < -0.4 is 24.3 Å². The van der Waals surface area contributed by atoms with E-state index in [1.807, 2.05) is 44.2 Å². The molecule has 1 atom stereocenters. The maximum absolute atomic E-state index is 12.6. The smallest absolute Gasteiger partial charge is 0.244 e. The van der Waals surface area contributed by atoms with Crippen LogP contribution in [0.25, 0.3) is 6.08 Å². The molecular formula is C23H27NO5. The fraction of sp³-hybridized carbons (Fsp3) is 0.348. The average molecular weight is 397 g/mol. The van der Waals surface area contributed by atoms with Gasteiger partial charge >= 0.3 is 0 Å². The normalized spacial score (nSPS) is 17.2. The first-order chi connectivity index (χ1) is 13.8. The molecule has 0 spiro atoms. The van der Waals surface area contributed by atoms with E-state index in [2.05, 4.69) is 5.32 Å². The largest absolute Gasteiger partial charge is 0.497 e. The second-order valence-corrected chi connectivity index (χ2v) is 7.48. The van der Waals surface area contributed by atoms with Gasteiger partial charge in [0.25, 0.3) is 0 Å². The van der Waals surface area contributed by atoms with E-state index >= 15 is 0 Å². The Morgan fingerprint density at radius 3 is 2.52 bits per heavy atom. The first-order valence-electron chi connectivity index (χ1n) is 9.43. The minimum Gasteiger partial charge on any atom is -0.497 e. The molecule has 0 saturated carbocycles. The number of carbonyl (C=O) groups is 1. The lowest BCUT2D eigenvalue weighted by molar-refractivity contribution is -0.117. The summed E-state index contributed by atoms with van der Waals surface area (Å²) in [4.78, 5) is 12.6. The SMILES string of the molecule is COc1ccc2c(c1)OC(C)(C)C[C@@H]2NC(=O)/C=C/c1ccc(OC)c(OC)c1. The highest BCUT2D eigenvalue weighted by atomic mass is 16.5. The van der Waals surface area contributed by atoms with E-state index < -0.39 is 5.60 Å². The maximum Gasteiger partial charge on any atom is 0.244 e. The van der Waals surface area contributed by atoms with Gasteiger partial charge in [0.1, 0.15) is 17.1 Å². The average Bonchev–Trinajstić information content (AvgIpc) is 2.70. The lowest BCUT2D eigenvalue weighted by Gasteiger charge is -2.37. The van der Waals surface area contributed by atoms with E-state index in [1.165, 1.54) is 6.08 Å². The van der Waals surface area contributed by atoms with Crippen molar-refractivity contribution in [2.75, 3.05) is 21.3 Å². The number of rotatable bonds is 6. The zero-order chi connectivity index (χ0) is 21.0. The van der Waals surface area contributed by atoms with Crippen LogP contribution in [0.5, 0.6) is 23.0 Å². The van der Waals surface area contributed by atoms with Crippen molar-refractivity contribution < 1.29 is 23.7 Å². The van der Waals surface area contributed by atoms with Gasteiger partial charge in [0, 0.05) is 24.1 Å². The second kappa shape index (κ2) is 8.47. The lowest BCUT2D eigenvalue weighted by atomic mass is 9.89. The number of ether oxygens (including phenoxy) is 4. The molecule has 6 nitrogen and oxygen atoms in total. The van der Waals surface area contributed by atoms with Crippen molar-refractivity contribution in [3.8, 4) is 23.0 Å². The Kier molecular flexibility index (Phi) is 6.01. The summed E-state index contributed by atoms with van der Waals surface area (Å²) in [6.45, 7) is 4.02. The number of methoxy groups -OCH3 is 3. The highest BCUT2D eigenvalue weighted by Crippen LogP contribution is 2.41. The van der Waals surface area contributed by atoms with E-state index in [1.54, 1.807) is 33.5 Å². The van der Waals surface area contributed by atoms with Crippen LogP contribution in [0, 0.1) is 0 Å². The summed E-state index contributed by atoms with van der Waals surface area (Å²) in [5, 5.41) is 3.09. The molecule has 1 heterocycles. The van der Waals surface area contributed by atoms with Gasteiger partial charge in [0.15, 0.2) is 11.5 Å². The number of fused-ring (bicyclic) bond motifs is 1. The van der Waals surface area contributed by atoms with Gasteiger partial charge in [-0.15, -0.1) is 0 Å². The first kappa shape index (κ1) is 20.6. The molecule has 0 radical (unpaired) electrons. The molecule has 2 aromatic carbocycles. The second-order valence-electron chi connectivity index (χ2n) is 7.48. The molecule has 2 aromatic rings. The molecular weight excluding hydrogens is 370 g/mol. The molecule has 6 heteroatoms. The standard InChI is InChI=1S/C23H27NO5/c1-23(2)14-18(17-9-8-16(26-3)13-20(17)29-23)24-22(25)11-7-15-6-10-19(27-4)21(12-15)28-5/h6-13,18H,14H2,1-5H3,(H,24,25)/b11-7+/t18-/m0/s1. The number of hydrogen-bond donors (Lipinski definition) is 1.